The molecule has 4 aliphatic carbocycles. The fourth-order valence-electron chi connectivity index (χ4n) is 9.87. The van der Waals surface area contributed by atoms with Crippen LogP contribution in [-0.4, -0.2) is 35.8 Å². The highest BCUT2D eigenvalue weighted by molar-refractivity contribution is 5.99. The summed E-state index contributed by atoms with van der Waals surface area (Å²) >= 11 is 0. The smallest absolute Gasteiger partial charge is 0.165 e. The lowest BCUT2D eigenvalue weighted by Crippen LogP contribution is -2.70. The largest absolute Gasteiger partial charge is 0.497 e. The number of hydrogen-bond acceptors (Lipinski definition) is 5. The Morgan fingerprint density at radius 3 is 2.65 bits per heavy atom. The van der Waals surface area contributed by atoms with Gasteiger partial charge in [-0.1, -0.05) is 26.8 Å². The Bertz CT molecular complexity index is 1130. The normalized spacial score (nSPS) is 61.4. The zero-order chi connectivity index (χ0) is 21.2. The first-order chi connectivity index (χ1) is 14.7. The summed E-state index contributed by atoms with van der Waals surface area (Å²) in [5.41, 5.74) is -0.952. The molecule has 3 saturated heterocycles. The molecule has 2 saturated carbocycles. The second-order valence-electron chi connectivity index (χ2n) is 12.0. The van der Waals surface area contributed by atoms with Crippen LogP contribution < -0.4 is 0 Å². The molecule has 7 aliphatic rings. The van der Waals surface area contributed by atoms with Crippen LogP contribution in [0.5, 0.6) is 0 Å². The summed E-state index contributed by atoms with van der Waals surface area (Å²) in [6.07, 6.45) is 12.0. The Morgan fingerprint density at radius 1 is 1.06 bits per heavy atom. The highest BCUT2D eigenvalue weighted by atomic mass is 16.6. The van der Waals surface area contributed by atoms with Crippen molar-refractivity contribution in [2.75, 3.05) is 6.61 Å². The molecule has 3 aliphatic heterocycles. The molecule has 0 amide bonds. The second-order valence-corrected chi connectivity index (χ2v) is 12.0. The number of ketones is 1. The Morgan fingerprint density at radius 2 is 1.87 bits per heavy atom. The van der Waals surface area contributed by atoms with E-state index in [0.717, 1.165) is 18.6 Å². The molecule has 2 spiro atoms. The molecule has 31 heavy (non-hydrogen) atoms. The molecule has 5 nitrogen and oxygen atoms in total. The number of ether oxygens (including phenoxy) is 3. The molecule has 10 atom stereocenters. The summed E-state index contributed by atoms with van der Waals surface area (Å²) in [5, 5.41) is 0. The zero-order valence-electron chi connectivity index (χ0n) is 18.4. The third-order valence-electron chi connectivity index (χ3n) is 11.0. The van der Waals surface area contributed by atoms with E-state index in [4.69, 9.17) is 18.6 Å². The number of carbonyl (C=O) groups is 1. The summed E-state index contributed by atoms with van der Waals surface area (Å²) in [4.78, 5) is 13.7. The fraction of sp³-hybridized carbons (Fsp3) is 0.654. The van der Waals surface area contributed by atoms with E-state index >= 15 is 0 Å². The van der Waals surface area contributed by atoms with Gasteiger partial charge < -0.3 is 18.6 Å². The average Bonchev–Trinajstić information content (AvgIpc) is 3.47. The van der Waals surface area contributed by atoms with Crippen LogP contribution in [0.3, 0.4) is 0 Å². The number of epoxide rings is 2. The predicted molar refractivity (Wildman–Crippen MR) is 110 cm³/mol. The molecule has 0 radical (unpaired) electrons. The van der Waals surface area contributed by atoms with E-state index in [-0.39, 0.29) is 40.3 Å². The lowest BCUT2D eigenvalue weighted by Gasteiger charge is -2.60. The van der Waals surface area contributed by atoms with Gasteiger partial charge in [0, 0.05) is 16.7 Å². The van der Waals surface area contributed by atoms with Crippen LogP contribution >= 0.6 is 0 Å². The van der Waals surface area contributed by atoms with E-state index in [2.05, 4.69) is 45.9 Å². The van der Waals surface area contributed by atoms with Crippen molar-refractivity contribution in [2.24, 2.45) is 27.6 Å². The molecule has 0 unspecified atom stereocenters. The van der Waals surface area contributed by atoms with Gasteiger partial charge in [-0.25, -0.2) is 0 Å². The molecule has 0 aromatic carbocycles. The minimum absolute atomic E-state index is 0.0274. The van der Waals surface area contributed by atoms with Crippen molar-refractivity contribution in [3.8, 4) is 0 Å². The van der Waals surface area contributed by atoms with Crippen molar-refractivity contribution in [2.45, 2.75) is 69.9 Å². The maximum absolute atomic E-state index is 13.7. The van der Waals surface area contributed by atoms with E-state index in [9.17, 15) is 4.79 Å². The van der Waals surface area contributed by atoms with Gasteiger partial charge in [-0.15, -0.1) is 0 Å². The summed E-state index contributed by atoms with van der Waals surface area (Å²) in [6, 6.07) is 2.10. The Balaban J connectivity index is 1.38. The number of hydrogen-bond donors (Lipinski definition) is 0. The van der Waals surface area contributed by atoms with E-state index < -0.39 is 16.4 Å². The third-order valence-corrected chi connectivity index (χ3v) is 11.0. The van der Waals surface area contributed by atoms with Gasteiger partial charge in [-0.3, -0.25) is 4.79 Å². The van der Waals surface area contributed by atoms with Gasteiger partial charge in [0.2, 0.25) is 0 Å². The van der Waals surface area contributed by atoms with Gasteiger partial charge in [-0.2, -0.15) is 0 Å². The standard InChI is InChI=1S/C26H28O5/c1-21-7-5-17(27)24(4)20(21)16(29-13-21)10-23(3)25-18(30-25)9-15(14-6-8-28-12-14)22(25,2)11-19-26(23,24)31-19/h5-8,10,12,15,18-20H,9,11,13H2,1-4H3/t15-,18+,19-,20-,21-,22-,23-,24-,25+,26-/m0/s1. The molecule has 1 aromatic rings. The first-order valence-corrected chi connectivity index (χ1v) is 11.6. The van der Waals surface area contributed by atoms with Gasteiger partial charge in [0.05, 0.1) is 47.9 Å². The van der Waals surface area contributed by atoms with E-state index in [1.54, 1.807) is 6.26 Å². The van der Waals surface area contributed by atoms with Crippen molar-refractivity contribution >= 4 is 5.78 Å². The van der Waals surface area contributed by atoms with Crippen molar-refractivity contribution in [1.82, 2.24) is 0 Å². The summed E-state index contributed by atoms with van der Waals surface area (Å²) in [6.45, 7) is 9.67. The van der Waals surface area contributed by atoms with E-state index in [0.29, 0.717) is 12.5 Å². The maximum atomic E-state index is 13.7. The third kappa shape index (κ3) is 1.40. The van der Waals surface area contributed by atoms with Crippen LogP contribution in [-0.2, 0) is 19.0 Å². The lowest BCUT2D eigenvalue weighted by molar-refractivity contribution is -0.151. The summed E-state index contributed by atoms with van der Waals surface area (Å²) < 4.78 is 25.3. The molecule has 0 N–H and O–H groups in total. The van der Waals surface area contributed by atoms with Gasteiger partial charge in [0.1, 0.15) is 11.2 Å². The van der Waals surface area contributed by atoms with Crippen LogP contribution in [0.2, 0.25) is 0 Å². The van der Waals surface area contributed by atoms with Crippen LogP contribution in [0.25, 0.3) is 0 Å². The van der Waals surface area contributed by atoms with Crippen molar-refractivity contribution in [1.29, 1.82) is 0 Å². The molecule has 5 fully saturated rings. The number of furan rings is 1. The number of allylic oxidation sites excluding steroid dienone is 2. The minimum atomic E-state index is -0.642. The topological polar surface area (TPSA) is 64.5 Å². The monoisotopic (exact) mass is 420 g/mol. The Labute approximate surface area is 181 Å². The molecule has 8 rings (SSSR count). The van der Waals surface area contributed by atoms with Crippen LogP contribution in [0, 0.1) is 27.6 Å². The van der Waals surface area contributed by atoms with Crippen LogP contribution in [0.15, 0.2) is 47.0 Å². The van der Waals surface area contributed by atoms with Crippen molar-refractivity contribution in [3.63, 3.8) is 0 Å². The lowest BCUT2D eigenvalue weighted by atomic mass is 9.38. The van der Waals surface area contributed by atoms with E-state index in [1.165, 1.54) is 5.56 Å². The molecule has 1 aromatic heterocycles. The highest BCUT2D eigenvalue weighted by Crippen LogP contribution is 2.87. The first kappa shape index (κ1) is 17.7. The molecule has 162 valence electrons. The second kappa shape index (κ2) is 4.47. The summed E-state index contributed by atoms with van der Waals surface area (Å²) in [5.74, 6) is 1.55. The maximum Gasteiger partial charge on any atom is 0.165 e. The molecule has 4 heterocycles. The quantitative estimate of drug-likeness (QED) is 0.639. The number of carbonyl (C=O) groups excluding carboxylic acids is 1. The van der Waals surface area contributed by atoms with Crippen LogP contribution in [0.1, 0.15) is 52.0 Å². The molecule has 0 bridgehead atoms. The molecule has 5 heteroatoms. The Hall–Kier alpha value is -1.85. The summed E-state index contributed by atoms with van der Waals surface area (Å²) in [7, 11) is 0. The highest BCUT2D eigenvalue weighted by Gasteiger charge is 2.96. The van der Waals surface area contributed by atoms with E-state index in [1.807, 2.05) is 12.3 Å². The van der Waals surface area contributed by atoms with Crippen LogP contribution in [0.4, 0.5) is 0 Å². The fourth-order valence-corrected chi connectivity index (χ4v) is 9.87. The average molecular weight is 421 g/mol. The molecular weight excluding hydrogens is 392 g/mol. The zero-order valence-corrected chi connectivity index (χ0v) is 18.4. The Kier molecular flexibility index (Phi) is 2.55. The molecular formula is C26H28O5. The van der Waals surface area contributed by atoms with Crippen molar-refractivity contribution < 1.29 is 23.4 Å². The first-order valence-electron chi connectivity index (χ1n) is 11.6. The van der Waals surface area contributed by atoms with Gasteiger partial charge in [0.15, 0.2) is 5.78 Å². The van der Waals surface area contributed by atoms with Gasteiger partial charge in [-0.05, 0) is 49.5 Å². The minimum Gasteiger partial charge on any atom is -0.497 e. The predicted octanol–water partition coefficient (Wildman–Crippen LogP) is 4.15. The van der Waals surface area contributed by atoms with Gasteiger partial charge in [0.25, 0.3) is 0 Å². The number of rotatable bonds is 1. The SMILES string of the molecule is C[C@@]12C=C3OC[C@]4(C)C=CC(=O)[C@@](C)([C@@H]34)[C@@]13O[C@H]3C[C@@]1(C)[C@H](c3ccoc3)C[C@H]3O[C@@]321. The van der Waals surface area contributed by atoms with Crippen molar-refractivity contribution in [3.05, 3.63) is 48.1 Å². The van der Waals surface area contributed by atoms with Gasteiger partial charge >= 0.3 is 0 Å².